The summed E-state index contributed by atoms with van der Waals surface area (Å²) >= 11 is 3.28. The van der Waals surface area contributed by atoms with Gasteiger partial charge in [0.05, 0.1) is 4.83 Å². The zero-order chi connectivity index (χ0) is 9.14. The highest BCUT2D eigenvalue weighted by Crippen LogP contribution is 2.22. The molecule has 1 nitrogen and oxygen atoms in total. The van der Waals surface area contributed by atoms with E-state index in [9.17, 15) is 4.79 Å². The molecule has 1 rings (SSSR count). The Morgan fingerprint density at radius 1 is 1.33 bits per heavy atom. The lowest BCUT2D eigenvalue weighted by Crippen LogP contribution is -1.92. The topological polar surface area (TPSA) is 17.1 Å². The monoisotopic (exact) mass is 226 g/mol. The third kappa shape index (κ3) is 1.95. The van der Waals surface area contributed by atoms with E-state index < -0.39 is 0 Å². The molecule has 64 valence electrons. The molecule has 0 aliphatic rings. The molecule has 1 unspecified atom stereocenters. The lowest BCUT2D eigenvalue weighted by Gasteiger charge is -2.05. The number of rotatable bonds is 2. The molecule has 1 aromatic carbocycles. The SMILES string of the molecule is Cc1ccc(C(Br)C=O)cc1C. The van der Waals surface area contributed by atoms with E-state index in [1.807, 2.05) is 25.1 Å². The largest absolute Gasteiger partial charge is 0.302 e. The first kappa shape index (κ1) is 9.46. The van der Waals surface area contributed by atoms with Gasteiger partial charge in [-0.3, -0.25) is 0 Å². The Hall–Kier alpha value is -0.630. The fourth-order valence-electron chi connectivity index (χ4n) is 1.01. The molecule has 0 spiro atoms. The quantitative estimate of drug-likeness (QED) is 0.560. The Balaban J connectivity index is 3.04. The molecule has 0 heterocycles. The van der Waals surface area contributed by atoms with Gasteiger partial charge in [0, 0.05) is 0 Å². The van der Waals surface area contributed by atoms with Gasteiger partial charge < -0.3 is 4.79 Å². The highest BCUT2D eigenvalue weighted by molar-refractivity contribution is 9.09. The van der Waals surface area contributed by atoms with E-state index in [0.29, 0.717) is 0 Å². The molecular formula is C10H11BrO. The van der Waals surface area contributed by atoms with E-state index in [2.05, 4.69) is 22.9 Å². The molecule has 0 aliphatic carbocycles. The molecular weight excluding hydrogens is 216 g/mol. The minimum absolute atomic E-state index is 0.170. The molecule has 0 aliphatic heterocycles. The van der Waals surface area contributed by atoms with Gasteiger partial charge in [-0.25, -0.2) is 0 Å². The molecule has 0 N–H and O–H groups in total. The number of carbonyl (C=O) groups excluding carboxylic acids is 1. The first-order valence-corrected chi connectivity index (χ1v) is 4.73. The lowest BCUT2D eigenvalue weighted by molar-refractivity contribution is -0.107. The van der Waals surface area contributed by atoms with Gasteiger partial charge in [-0.2, -0.15) is 0 Å². The van der Waals surface area contributed by atoms with Gasteiger partial charge in [-0.05, 0) is 30.5 Å². The first-order valence-electron chi connectivity index (χ1n) is 3.81. The van der Waals surface area contributed by atoms with E-state index >= 15 is 0 Å². The van der Waals surface area contributed by atoms with Crippen LogP contribution in [0, 0.1) is 13.8 Å². The van der Waals surface area contributed by atoms with Gasteiger partial charge >= 0.3 is 0 Å². The Bertz CT molecular complexity index is 294. The third-order valence-corrected chi connectivity index (χ3v) is 2.71. The van der Waals surface area contributed by atoms with Crippen molar-refractivity contribution in [3.05, 3.63) is 34.9 Å². The Morgan fingerprint density at radius 2 is 2.00 bits per heavy atom. The number of hydrogen-bond acceptors (Lipinski definition) is 1. The standard InChI is InChI=1S/C10H11BrO/c1-7-3-4-9(5-8(7)2)10(11)6-12/h3-6,10H,1-2H3. The first-order chi connectivity index (χ1) is 5.65. The number of aryl methyl sites for hydroxylation is 2. The van der Waals surface area contributed by atoms with Gasteiger partial charge in [0.2, 0.25) is 0 Å². The van der Waals surface area contributed by atoms with Crippen LogP contribution in [-0.4, -0.2) is 6.29 Å². The Labute approximate surface area is 80.9 Å². The van der Waals surface area contributed by atoms with Crippen LogP contribution in [-0.2, 0) is 4.79 Å². The van der Waals surface area contributed by atoms with Crippen LogP contribution in [0.1, 0.15) is 21.5 Å². The van der Waals surface area contributed by atoms with Gasteiger partial charge in [-0.1, -0.05) is 34.1 Å². The third-order valence-electron chi connectivity index (χ3n) is 1.97. The van der Waals surface area contributed by atoms with Crippen LogP contribution in [0.3, 0.4) is 0 Å². The number of carbonyl (C=O) groups is 1. The van der Waals surface area contributed by atoms with Crippen LogP contribution in [0.2, 0.25) is 0 Å². The number of aldehydes is 1. The summed E-state index contributed by atoms with van der Waals surface area (Å²) in [6.07, 6.45) is 0.893. The average molecular weight is 227 g/mol. The molecule has 0 bridgehead atoms. The van der Waals surface area contributed by atoms with E-state index in [4.69, 9.17) is 0 Å². The van der Waals surface area contributed by atoms with E-state index in [1.54, 1.807) is 0 Å². The molecule has 1 atom stereocenters. The van der Waals surface area contributed by atoms with Gasteiger partial charge in [0.25, 0.3) is 0 Å². The minimum Gasteiger partial charge on any atom is -0.302 e. The number of hydrogen-bond donors (Lipinski definition) is 0. The van der Waals surface area contributed by atoms with Crippen molar-refractivity contribution >= 4 is 22.2 Å². The normalized spacial score (nSPS) is 12.6. The van der Waals surface area contributed by atoms with E-state index in [1.165, 1.54) is 11.1 Å². The van der Waals surface area contributed by atoms with Gasteiger partial charge in [0.1, 0.15) is 6.29 Å². The second-order valence-electron chi connectivity index (χ2n) is 2.88. The summed E-state index contributed by atoms with van der Waals surface area (Å²) in [4.78, 5) is 10.3. The molecule has 0 fully saturated rings. The molecule has 0 saturated heterocycles. The molecule has 2 heteroatoms. The second-order valence-corrected chi connectivity index (χ2v) is 3.87. The summed E-state index contributed by atoms with van der Waals surface area (Å²) in [5, 5.41) is 0. The van der Waals surface area contributed by atoms with Crippen molar-refractivity contribution in [2.75, 3.05) is 0 Å². The van der Waals surface area contributed by atoms with Crippen LogP contribution in [0.5, 0.6) is 0 Å². The lowest BCUT2D eigenvalue weighted by atomic mass is 10.1. The second kappa shape index (κ2) is 3.85. The van der Waals surface area contributed by atoms with Crippen molar-refractivity contribution in [1.82, 2.24) is 0 Å². The minimum atomic E-state index is -0.170. The fraction of sp³-hybridized carbons (Fsp3) is 0.300. The zero-order valence-electron chi connectivity index (χ0n) is 7.17. The molecule has 0 saturated carbocycles. The van der Waals surface area contributed by atoms with Crippen molar-refractivity contribution < 1.29 is 4.79 Å². The number of benzene rings is 1. The van der Waals surface area contributed by atoms with Crippen molar-refractivity contribution in [1.29, 1.82) is 0 Å². The summed E-state index contributed by atoms with van der Waals surface area (Å²) in [5.41, 5.74) is 3.50. The summed E-state index contributed by atoms with van der Waals surface area (Å²) in [6.45, 7) is 4.10. The van der Waals surface area contributed by atoms with Gasteiger partial charge in [-0.15, -0.1) is 0 Å². The summed E-state index contributed by atoms with van der Waals surface area (Å²) in [6, 6.07) is 6.03. The van der Waals surface area contributed by atoms with Crippen molar-refractivity contribution in [2.24, 2.45) is 0 Å². The average Bonchev–Trinajstić information content (AvgIpc) is 2.08. The highest BCUT2D eigenvalue weighted by Gasteiger charge is 2.05. The van der Waals surface area contributed by atoms with Crippen LogP contribution in [0.15, 0.2) is 18.2 Å². The maximum Gasteiger partial charge on any atom is 0.138 e. The Kier molecular flexibility index (Phi) is 3.04. The summed E-state index contributed by atoms with van der Waals surface area (Å²) in [7, 11) is 0. The van der Waals surface area contributed by atoms with Crippen molar-refractivity contribution in [3.63, 3.8) is 0 Å². The van der Waals surface area contributed by atoms with Crippen molar-refractivity contribution in [3.8, 4) is 0 Å². The van der Waals surface area contributed by atoms with E-state index in [0.717, 1.165) is 11.8 Å². The van der Waals surface area contributed by atoms with E-state index in [-0.39, 0.29) is 4.83 Å². The van der Waals surface area contributed by atoms with Crippen molar-refractivity contribution in [2.45, 2.75) is 18.7 Å². The van der Waals surface area contributed by atoms with Crippen LogP contribution in [0.4, 0.5) is 0 Å². The van der Waals surface area contributed by atoms with Crippen LogP contribution in [0.25, 0.3) is 0 Å². The number of alkyl halides is 1. The molecule has 1 aromatic rings. The molecule has 0 radical (unpaired) electrons. The maximum atomic E-state index is 10.5. The predicted octanol–water partition coefficient (Wildman–Crippen LogP) is 2.94. The Morgan fingerprint density at radius 3 is 2.50 bits per heavy atom. The smallest absolute Gasteiger partial charge is 0.138 e. The maximum absolute atomic E-state index is 10.5. The fourth-order valence-corrected chi connectivity index (χ4v) is 1.30. The highest BCUT2D eigenvalue weighted by atomic mass is 79.9. The zero-order valence-corrected chi connectivity index (χ0v) is 8.76. The number of halogens is 1. The van der Waals surface area contributed by atoms with Crippen LogP contribution < -0.4 is 0 Å². The van der Waals surface area contributed by atoms with Crippen LogP contribution >= 0.6 is 15.9 Å². The predicted molar refractivity (Wildman–Crippen MR) is 53.6 cm³/mol. The van der Waals surface area contributed by atoms with Gasteiger partial charge in [0.15, 0.2) is 0 Å². The summed E-state index contributed by atoms with van der Waals surface area (Å²) < 4.78 is 0. The summed E-state index contributed by atoms with van der Waals surface area (Å²) in [5.74, 6) is 0. The molecule has 0 aromatic heterocycles. The molecule has 12 heavy (non-hydrogen) atoms. The molecule has 0 amide bonds.